The van der Waals surface area contributed by atoms with Crippen molar-refractivity contribution in [3.63, 3.8) is 0 Å². The zero-order chi connectivity index (χ0) is 14.5. The normalized spacial score (nSPS) is 11.7. The van der Waals surface area contributed by atoms with Gasteiger partial charge in [-0.05, 0) is 17.0 Å². The third kappa shape index (κ3) is 2.97. The minimum atomic E-state index is -1.11. The first-order valence-corrected chi connectivity index (χ1v) is 6.71. The van der Waals surface area contributed by atoms with Gasteiger partial charge in [-0.2, -0.15) is 0 Å². The molecule has 1 aromatic heterocycles. The number of carboxylic acid groups (broad SMARTS) is 1. The molecule has 1 atom stereocenters. The van der Waals surface area contributed by atoms with Crippen molar-refractivity contribution in [1.29, 1.82) is 0 Å². The number of carbonyl (C=O) groups excluding carboxylic acids is 1. The van der Waals surface area contributed by atoms with Crippen LogP contribution in [0, 0.1) is 0 Å². The van der Waals surface area contributed by atoms with Crippen LogP contribution in [-0.4, -0.2) is 24.1 Å². The van der Waals surface area contributed by atoms with Gasteiger partial charge in [0.05, 0.1) is 7.11 Å². The lowest BCUT2D eigenvalue weighted by Crippen LogP contribution is -2.33. The Bertz CT molecular complexity index is 609. The summed E-state index contributed by atoms with van der Waals surface area (Å²) in [6.45, 7) is 0. The molecule has 5 nitrogen and oxygen atoms in total. The zero-order valence-corrected chi connectivity index (χ0v) is 11.5. The van der Waals surface area contributed by atoms with E-state index in [0.29, 0.717) is 16.2 Å². The first kappa shape index (κ1) is 14.1. The molecule has 0 aliphatic carbocycles. The molecule has 0 saturated carbocycles. The van der Waals surface area contributed by atoms with E-state index in [1.165, 1.54) is 18.4 Å². The summed E-state index contributed by atoms with van der Waals surface area (Å²) in [6.07, 6.45) is 0. The van der Waals surface area contributed by atoms with E-state index >= 15 is 0 Å². The zero-order valence-electron chi connectivity index (χ0n) is 10.7. The molecule has 0 fully saturated rings. The molecular formula is C14H13NO4S. The number of ether oxygens (including phenoxy) is 1. The van der Waals surface area contributed by atoms with Crippen molar-refractivity contribution in [1.82, 2.24) is 5.32 Å². The second-order valence-corrected chi connectivity index (χ2v) is 4.89. The first-order chi connectivity index (χ1) is 9.63. The Labute approximate surface area is 119 Å². The van der Waals surface area contributed by atoms with Crippen molar-refractivity contribution in [2.45, 2.75) is 6.04 Å². The third-order valence-electron chi connectivity index (χ3n) is 2.71. The summed E-state index contributed by atoms with van der Waals surface area (Å²) < 4.78 is 5.06. The van der Waals surface area contributed by atoms with Gasteiger partial charge in [0.1, 0.15) is 10.6 Å². The van der Waals surface area contributed by atoms with Gasteiger partial charge in [0.25, 0.3) is 5.91 Å². The SMILES string of the molecule is COc1ccsc1C(=O)N[C@@H](C(=O)O)c1ccccc1. The number of carbonyl (C=O) groups is 2. The number of nitrogens with one attached hydrogen (secondary N) is 1. The minimum Gasteiger partial charge on any atom is -0.495 e. The van der Waals surface area contributed by atoms with Crippen LogP contribution in [0.15, 0.2) is 41.8 Å². The summed E-state index contributed by atoms with van der Waals surface area (Å²) in [4.78, 5) is 23.8. The van der Waals surface area contributed by atoms with Gasteiger partial charge < -0.3 is 15.2 Å². The summed E-state index contributed by atoms with van der Waals surface area (Å²) in [5.74, 6) is -1.14. The average Bonchev–Trinajstić information content (AvgIpc) is 2.93. The summed E-state index contributed by atoms with van der Waals surface area (Å²) in [7, 11) is 1.46. The average molecular weight is 291 g/mol. The van der Waals surface area contributed by atoms with Gasteiger partial charge in [0.2, 0.25) is 0 Å². The maximum atomic E-state index is 12.1. The van der Waals surface area contributed by atoms with E-state index in [9.17, 15) is 14.7 Å². The molecule has 1 amide bonds. The number of aliphatic carboxylic acids is 1. The molecule has 20 heavy (non-hydrogen) atoms. The van der Waals surface area contributed by atoms with Crippen LogP contribution >= 0.6 is 11.3 Å². The lowest BCUT2D eigenvalue weighted by atomic mass is 10.1. The van der Waals surface area contributed by atoms with Crippen molar-refractivity contribution < 1.29 is 19.4 Å². The van der Waals surface area contributed by atoms with Crippen LogP contribution in [-0.2, 0) is 4.79 Å². The van der Waals surface area contributed by atoms with E-state index in [2.05, 4.69) is 5.32 Å². The highest BCUT2D eigenvalue weighted by molar-refractivity contribution is 7.12. The van der Waals surface area contributed by atoms with E-state index in [-0.39, 0.29) is 0 Å². The van der Waals surface area contributed by atoms with Crippen molar-refractivity contribution >= 4 is 23.2 Å². The number of carboxylic acids is 1. The Morgan fingerprint density at radius 1 is 1.25 bits per heavy atom. The maximum Gasteiger partial charge on any atom is 0.330 e. The van der Waals surface area contributed by atoms with Crippen LogP contribution in [0.25, 0.3) is 0 Å². The van der Waals surface area contributed by atoms with Crippen molar-refractivity contribution in [2.24, 2.45) is 0 Å². The second-order valence-electron chi connectivity index (χ2n) is 3.97. The fourth-order valence-electron chi connectivity index (χ4n) is 1.75. The molecule has 2 N–H and O–H groups in total. The Morgan fingerprint density at radius 2 is 1.95 bits per heavy atom. The van der Waals surface area contributed by atoms with E-state index in [4.69, 9.17) is 4.74 Å². The van der Waals surface area contributed by atoms with Crippen LogP contribution < -0.4 is 10.1 Å². The number of methoxy groups -OCH3 is 1. The lowest BCUT2D eigenvalue weighted by Gasteiger charge is -2.14. The summed E-state index contributed by atoms with van der Waals surface area (Å²) >= 11 is 1.20. The molecule has 6 heteroatoms. The van der Waals surface area contributed by atoms with Gasteiger partial charge in [-0.3, -0.25) is 4.79 Å². The number of thiophene rings is 1. The molecule has 0 saturated heterocycles. The van der Waals surface area contributed by atoms with Gasteiger partial charge in [-0.15, -0.1) is 11.3 Å². The molecule has 2 aromatic rings. The Kier molecular flexibility index (Phi) is 4.37. The smallest absolute Gasteiger partial charge is 0.330 e. The Morgan fingerprint density at radius 3 is 2.55 bits per heavy atom. The van der Waals surface area contributed by atoms with E-state index in [1.807, 2.05) is 0 Å². The van der Waals surface area contributed by atoms with Gasteiger partial charge in [-0.25, -0.2) is 4.79 Å². The molecule has 1 aromatic carbocycles. The topological polar surface area (TPSA) is 75.6 Å². The molecule has 0 aliphatic rings. The Hall–Kier alpha value is -2.34. The van der Waals surface area contributed by atoms with Gasteiger partial charge in [0.15, 0.2) is 6.04 Å². The predicted octanol–water partition coefficient (Wildman–Crippen LogP) is 2.31. The molecule has 0 aliphatic heterocycles. The molecule has 0 spiro atoms. The number of benzene rings is 1. The molecule has 0 bridgehead atoms. The largest absolute Gasteiger partial charge is 0.495 e. The number of rotatable bonds is 5. The summed E-state index contributed by atoms with van der Waals surface area (Å²) in [5.41, 5.74) is 0.517. The second kappa shape index (κ2) is 6.21. The highest BCUT2D eigenvalue weighted by Gasteiger charge is 2.24. The van der Waals surface area contributed by atoms with Crippen molar-refractivity contribution in [3.8, 4) is 5.75 Å². The molecule has 1 heterocycles. The fourth-order valence-corrected chi connectivity index (χ4v) is 2.51. The molecule has 104 valence electrons. The van der Waals surface area contributed by atoms with Crippen LogP contribution in [0.3, 0.4) is 0 Å². The van der Waals surface area contributed by atoms with Crippen molar-refractivity contribution in [3.05, 3.63) is 52.2 Å². The molecule has 0 radical (unpaired) electrons. The number of amides is 1. The maximum absolute atomic E-state index is 12.1. The first-order valence-electron chi connectivity index (χ1n) is 5.83. The standard InChI is InChI=1S/C14H13NO4S/c1-19-10-7-8-20-12(10)13(16)15-11(14(17)18)9-5-3-2-4-6-9/h2-8,11H,1H3,(H,15,16)(H,17,18)/t11-/m1/s1. The van der Waals surface area contributed by atoms with Gasteiger partial charge >= 0.3 is 5.97 Å². The molecule has 0 unspecified atom stereocenters. The molecular weight excluding hydrogens is 278 g/mol. The van der Waals surface area contributed by atoms with Crippen LogP contribution in [0.1, 0.15) is 21.3 Å². The monoisotopic (exact) mass is 291 g/mol. The van der Waals surface area contributed by atoms with Crippen LogP contribution in [0.4, 0.5) is 0 Å². The summed E-state index contributed by atoms with van der Waals surface area (Å²) in [6, 6.07) is 9.13. The van der Waals surface area contributed by atoms with Gasteiger partial charge in [0, 0.05) is 0 Å². The lowest BCUT2D eigenvalue weighted by molar-refractivity contribution is -0.139. The Balaban J connectivity index is 2.21. The minimum absolute atomic E-state index is 0.356. The van der Waals surface area contributed by atoms with Gasteiger partial charge in [-0.1, -0.05) is 30.3 Å². The quantitative estimate of drug-likeness (QED) is 0.886. The third-order valence-corrected chi connectivity index (χ3v) is 3.60. The van der Waals surface area contributed by atoms with Crippen LogP contribution in [0.2, 0.25) is 0 Å². The number of hydrogen-bond donors (Lipinski definition) is 2. The van der Waals surface area contributed by atoms with E-state index in [1.54, 1.807) is 41.8 Å². The van der Waals surface area contributed by atoms with Crippen LogP contribution in [0.5, 0.6) is 5.75 Å². The van der Waals surface area contributed by atoms with E-state index < -0.39 is 17.9 Å². The number of hydrogen-bond acceptors (Lipinski definition) is 4. The fraction of sp³-hybridized carbons (Fsp3) is 0.143. The molecule has 2 rings (SSSR count). The summed E-state index contributed by atoms with van der Waals surface area (Å²) in [5, 5.41) is 13.5. The predicted molar refractivity (Wildman–Crippen MR) is 75.2 cm³/mol. The highest BCUT2D eigenvalue weighted by atomic mass is 32.1. The van der Waals surface area contributed by atoms with Crippen molar-refractivity contribution in [2.75, 3.05) is 7.11 Å². The highest BCUT2D eigenvalue weighted by Crippen LogP contribution is 2.25. The van der Waals surface area contributed by atoms with E-state index in [0.717, 1.165) is 0 Å².